The highest BCUT2D eigenvalue weighted by atomic mass is 19.1. The highest BCUT2D eigenvalue weighted by Crippen LogP contribution is 2.20. The topological polar surface area (TPSA) is 32.3 Å². The van der Waals surface area contributed by atoms with Crippen molar-refractivity contribution in [1.29, 1.82) is 0 Å². The van der Waals surface area contributed by atoms with Crippen molar-refractivity contribution in [3.63, 3.8) is 0 Å². The van der Waals surface area contributed by atoms with Crippen molar-refractivity contribution in [2.45, 2.75) is 19.8 Å². The molecule has 0 saturated heterocycles. The van der Waals surface area contributed by atoms with Gasteiger partial charge >= 0.3 is 0 Å². The Morgan fingerprint density at radius 3 is 2.33 bits per heavy atom. The van der Waals surface area contributed by atoms with Crippen LogP contribution in [0.25, 0.3) is 0 Å². The van der Waals surface area contributed by atoms with Crippen LogP contribution in [0.1, 0.15) is 30.1 Å². The fourth-order valence-electron chi connectivity index (χ4n) is 1.65. The van der Waals surface area contributed by atoms with Gasteiger partial charge in [-0.3, -0.25) is 4.79 Å². The molecule has 0 radical (unpaired) electrons. The predicted molar refractivity (Wildman–Crippen MR) is 67.8 cm³/mol. The molecule has 0 unspecified atom stereocenters. The molecule has 18 heavy (non-hydrogen) atoms. The van der Waals surface area contributed by atoms with Crippen molar-refractivity contribution in [2.75, 3.05) is 26.0 Å². The highest BCUT2D eigenvalue weighted by Gasteiger charge is 2.16. The lowest BCUT2D eigenvalue weighted by molar-refractivity contribution is 0.0792. The number of nitrogens with one attached hydrogen (secondary N) is 1. The Labute approximate surface area is 106 Å². The van der Waals surface area contributed by atoms with E-state index in [4.69, 9.17) is 0 Å². The molecule has 100 valence electrons. The molecule has 0 aliphatic heterocycles. The molecule has 1 aromatic carbocycles. The Bertz CT molecular complexity index is 412. The summed E-state index contributed by atoms with van der Waals surface area (Å²) < 4.78 is 27.0. The largest absolute Gasteiger partial charge is 0.383 e. The average molecular weight is 256 g/mol. The number of carbonyl (C=O) groups is 1. The van der Waals surface area contributed by atoms with E-state index in [0.29, 0.717) is 6.54 Å². The Kier molecular flexibility index (Phi) is 5.07. The van der Waals surface area contributed by atoms with E-state index in [9.17, 15) is 13.6 Å². The predicted octanol–water partition coefficient (Wildman–Crippen LogP) is 2.88. The number of rotatable bonds is 5. The van der Waals surface area contributed by atoms with E-state index < -0.39 is 11.6 Å². The van der Waals surface area contributed by atoms with Gasteiger partial charge in [-0.05, 0) is 18.6 Å². The molecule has 0 fully saturated rings. The Hall–Kier alpha value is -1.65. The molecule has 0 aliphatic carbocycles. The van der Waals surface area contributed by atoms with Crippen LogP contribution in [0.15, 0.2) is 12.1 Å². The molecule has 0 aromatic heterocycles. The third kappa shape index (κ3) is 3.18. The minimum atomic E-state index is -0.759. The van der Waals surface area contributed by atoms with Crippen LogP contribution >= 0.6 is 0 Å². The van der Waals surface area contributed by atoms with Gasteiger partial charge in [0.05, 0.1) is 0 Å². The summed E-state index contributed by atoms with van der Waals surface area (Å²) in [5.41, 5.74) is -0.189. The van der Waals surface area contributed by atoms with Crippen LogP contribution in [-0.2, 0) is 0 Å². The lowest BCUT2D eigenvalue weighted by atomic mass is 10.1. The number of unbranched alkanes of at least 4 members (excludes halogenated alkanes) is 1. The van der Waals surface area contributed by atoms with Gasteiger partial charge in [0, 0.05) is 26.2 Å². The van der Waals surface area contributed by atoms with Gasteiger partial charge in [-0.2, -0.15) is 0 Å². The summed E-state index contributed by atoms with van der Waals surface area (Å²) in [5, 5.41) is 2.42. The van der Waals surface area contributed by atoms with E-state index in [2.05, 4.69) is 5.32 Å². The van der Waals surface area contributed by atoms with Crippen LogP contribution in [0, 0.1) is 11.6 Å². The van der Waals surface area contributed by atoms with Crippen LogP contribution in [-0.4, -0.2) is 31.4 Å². The van der Waals surface area contributed by atoms with Crippen molar-refractivity contribution in [3.05, 3.63) is 29.3 Å². The molecule has 0 atom stereocenters. The maximum absolute atomic E-state index is 13.5. The van der Waals surface area contributed by atoms with Gasteiger partial charge in [0.15, 0.2) is 0 Å². The molecule has 5 heteroatoms. The van der Waals surface area contributed by atoms with Crippen molar-refractivity contribution in [1.82, 2.24) is 4.90 Å². The summed E-state index contributed by atoms with van der Waals surface area (Å²) in [6, 6.07) is 2.11. The van der Waals surface area contributed by atoms with E-state index >= 15 is 0 Å². The lowest BCUT2D eigenvalue weighted by Gasteiger charge is -2.17. The zero-order chi connectivity index (χ0) is 13.7. The molecule has 1 rings (SSSR count). The SMILES string of the molecule is CCCCN(C)C(=O)c1cc(F)c(NC)c(F)c1. The van der Waals surface area contributed by atoms with Crippen molar-refractivity contribution < 1.29 is 13.6 Å². The zero-order valence-electron chi connectivity index (χ0n) is 10.9. The zero-order valence-corrected chi connectivity index (χ0v) is 10.9. The van der Waals surface area contributed by atoms with Crippen LogP contribution in [0.4, 0.5) is 14.5 Å². The number of hydrogen-bond acceptors (Lipinski definition) is 2. The fraction of sp³-hybridized carbons (Fsp3) is 0.462. The van der Waals surface area contributed by atoms with Crippen molar-refractivity contribution in [2.24, 2.45) is 0 Å². The third-order valence-electron chi connectivity index (χ3n) is 2.73. The summed E-state index contributed by atoms with van der Waals surface area (Å²) >= 11 is 0. The van der Waals surface area contributed by atoms with E-state index in [0.717, 1.165) is 25.0 Å². The number of benzene rings is 1. The Morgan fingerprint density at radius 2 is 1.89 bits per heavy atom. The fourth-order valence-corrected chi connectivity index (χ4v) is 1.65. The summed E-state index contributed by atoms with van der Waals surface area (Å²) in [6.45, 7) is 2.59. The highest BCUT2D eigenvalue weighted by molar-refractivity contribution is 5.94. The number of halogens is 2. The standard InChI is InChI=1S/C13H18F2N2O/c1-4-5-6-17(3)13(18)9-7-10(14)12(16-2)11(15)8-9/h7-8,16H,4-6H2,1-3H3. The molecular formula is C13H18F2N2O. The van der Waals surface area contributed by atoms with Gasteiger partial charge in [0.2, 0.25) is 0 Å². The number of nitrogens with zero attached hydrogens (tertiary/aromatic N) is 1. The summed E-state index contributed by atoms with van der Waals surface area (Å²) in [6.07, 6.45) is 1.82. The molecule has 0 heterocycles. The third-order valence-corrected chi connectivity index (χ3v) is 2.73. The molecule has 3 nitrogen and oxygen atoms in total. The molecule has 1 amide bonds. The van der Waals surface area contributed by atoms with Crippen LogP contribution in [0.2, 0.25) is 0 Å². The van der Waals surface area contributed by atoms with Gasteiger partial charge in [0.1, 0.15) is 17.3 Å². The summed E-state index contributed by atoms with van der Waals surface area (Å²) in [4.78, 5) is 13.4. The number of anilines is 1. The second kappa shape index (κ2) is 6.33. The second-order valence-electron chi connectivity index (χ2n) is 4.15. The number of hydrogen-bond donors (Lipinski definition) is 1. The van der Waals surface area contributed by atoms with E-state index in [1.54, 1.807) is 7.05 Å². The molecular weight excluding hydrogens is 238 g/mol. The number of amides is 1. The van der Waals surface area contributed by atoms with Crippen LogP contribution in [0.3, 0.4) is 0 Å². The second-order valence-corrected chi connectivity index (χ2v) is 4.15. The lowest BCUT2D eigenvalue weighted by Crippen LogP contribution is -2.28. The van der Waals surface area contributed by atoms with Crippen molar-refractivity contribution in [3.8, 4) is 0 Å². The quantitative estimate of drug-likeness (QED) is 0.878. The maximum Gasteiger partial charge on any atom is 0.253 e. The normalized spacial score (nSPS) is 10.3. The summed E-state index contributed by atoms with van der Waals surface area (Å²) in [5.74, 6) is -1.89. The maximum atomic E-state index is 13.5. The molecule has 0 spiro atoms. The minimum absolute atomic E-state index is 0.0302. The molecule has 0 saturated carbocycles. The number of carbonyl (C=O) groups excluding carboxylic acids is 1. The van der Waals surface area contributed by atoms with Crippen LogP contribution in [0.5, 0.6) is 0 Å². The van der Waals surface area contributed by atoms with Gasteiger partial charge in [-0.25, -0.2) is 8.78 Å². The van der Waals surface area contributed by atoms with Gasteiger partial charge in [-0.1, -0.05) is 13.3 Å². The molecule has 0 bridgehead atoms. The first-order valence-corrected chi connectivity index (χ1v) is 5.93. The van der Waals surface area contributed by atoms with Crippen LogP contribution < -0.4 is 5.32 Å². The first kappa shape index (κ1) is 14.4. The van der Waals surface area contributed by atoms with Gasteiger partial charge in [-0.15, -0.1) is 0 Å². The molecule has 1 aromatic rings. The monoisotopic (exact) mass is 256 g/mol. The molecule has 1 N–H and O–H groups in total. The van der Waals surface area contributed by atoms with E-state index in [1.165, 1.54) is 11.9 Å². The van der Waals surface area contributed by atoms with Gasteiger partial charge in [0.25, 0.3) is 5.91 Å². The average Bonchev–Trinajstić information content (AvgIpc) is 2.34. The molecule has 0 aliphatic rings. The van der Waals surface area contributed by atoms with E-state index in [-0.39, 0.29) is 17.2 Å². The summed E-state index contributed by atoms with van der Waals surface area (Å²) in [7, 11) is 3.05. The first-order chi connectivity index (χ1) is 8.51. The smallest absolute Gasteiger partial charge is 0.253 e. The Morgan fingerprint density at radius 1 is 1.33 bits per heavy atom. The minimum Gasteiger partial charge on any atom is -0.383 e. The Balaban J connectivity index is 2.93. The van der Waals surface area contributed by atoms with E-state index in [1.807, 2.05) is 6.92 Å². The first-order valence-electron chi connectivity index (χ1n) is 5.93. The van der Waals surface area contributed by atoms with Gasteiger partial charge < -0.3 is 10.2 Å². The van der Waals surface area contributed by atoms with Crippen molar-refractivity contribution >= 4 is 11.6 Å².